The van der Waals surface area contributed by atoms with Gasteiger partial charge in [0, 0.05) is 99.2 Å². The van der Waals surface area contributed by atoms with Crippen LogP contribution in [-0.4, -0.2) is 131 Å². The molecule has 2 aromatic carbocycles. The Morgan fingerprint density at radius 1 is 1.02 bits per heavy atom. The van der Waals surface area contributed by atoms with Crippen LogP contribution in [0, 0.1) is 17.8 Å². The summed E-state index contributed by atoms with van der Waals surface area (Å²) in [5, 5.41) is 13.6. The van der Waals surface area contributed by atoms with E-state index in [9.17, 15) is 18.9 Å². The number of nitrogens with zero attached hydrogens (tertiary/aromatic N) is 4. The van der Waals surface area contributed by atoms with E-state index in [-0.39, 0.29) is 40.1 Å². The number of hydrogen-bond acceptors (Lipinski definition) is 9. The number of anilines is 1. The number of halogens is 1. The molecule has 0 aromatic heterocycles. The number of ether oxygens (including phenoxy) is 1. The molecule has 10 nitrogen and oxygen atoms in total. The molecule has 1 unspecified atom stereocenters. The lowest BCUT2D eigenvalue weighted by Gasteiger charge is -2.53. The molecule has 2 aromatic rings. The molecule has 1 saturated carbocycles. The molecule has 2 N–H and O–H groups in total. The molecular weight excluding hydrogens is 758 g/mol. The Hall–Kier alpha value is -2.67. The molecule has 4 aliphatic heterocycles. The fraction of sp³-hybridized carbons (Fsp3) is 0.667. The molecule has 1 spiro atoms. The Labute approximate surface area is 345 Å². The van der Waals surface area contributed by atoms with Gasteiger partial charge in [0.2, 0.25) is 0 Å². The van der Waals surface area contributed by atoms with Crippen LogP contribution in [0.2, 0.25) is 5.02 Å². The molecule has 6 aliphatic rings. The van der Waals surface area contributed by atoms with Crippen molar-refractivity contribution >= 4 is 44.6 Å². The van der Waals surface area contributed by atoms with E-state index in [0.29, 0.717) is 37.6 Å². The molecule has 12 heteroatoms. The van der Waals surface area contributed by atoms with Crippen LogP contribution < -0.4 is 14.4 Å². The summed E-state index contributed by atoms with van der Waals surface area (Å²) in [6.45, 7) is 15.0. The molecule has 4 heterocycles. The number of hydrogen-bond donors (Lipinski definition) is 2. The summed E-state index contributed by atoms with van der Waals surface area (Å²) >= 11 is 6.53. The van der Waals surface area contributed by atoms with Gasteiger partial charge in [-0.1, -0.05) is 31.0 Å². The van der Waals surface area contributed by atoms with Crippen molar-refractivity contribution in [2.24, 2.45) is 17.8 Å². The summed E-state index contributed by atoms with van der Waals surface area (Å²) in [5.74, 6) is 5.12. The van der Waals surface area contributed by atoms with E-state index in [1.165, 1.54) is 11.1 Å². The fourth-order valence-corrected chi connectivity index (χ4v) is 12.9. The fourth-order valence-electron chi connectivity index (χ4n) is 11.2. The second-order valence-electron chi connectivity index (χ2n) is 18.7. The third-order valence-corrected chi connectivity index (χ3v) is 17.4. The lowest BCUT2D eigenvalue weighted by Crippen LogP contribution is -2.64. The van der Waals surface area contributed by atoms with Crippen LogP contribution in [0.25, 0.3) is 0 Å². The van der Waals surface area contributed by atoms with Crippen LogP contribution in [-0.2, 0) is 26.3 Å². The highest BCUT2D eigenvalue weighted by molar-refractivity contribution is 7.99. The number of ketones is 1. The predicted molar refractivity (Wildman–Crippen MR) is 230 cm³/mol. The van der Waals surface area contributed by atoms with Gasteiger partial charge in [0.05, 0.1) is 27.6 Å². The number of Topliss-reactive ketones (excluding diaryl/α,β-unsaturated/α-hetero) is 1. The molecule has 2 saturated heterocycles. The summed E-state index contributed by atoms with van der Waals surface area (Å²) in [6.07, 6.45) is 7.90. The maximum absolute atomic E-state index is 14.1. The van der Waals surface area contributed by atoms with E-state index in [1.54, 1.807) is 13.0 Å². The highest BCUT2D eigenvalue weighted by Crippen LogP contribution is 2.49. The normalized spacial score (nSPS) is 35.5. The van der Waals surface area contributed by atoms with Crippen LogP contribution in [0.1, 0.15) is 93.6 Å². The molecule has 3 fully saturated rings. The lowest BCUT2D eigenvalue weighted by molar-refractivity contribution is -0.119. The van der Waals surface area contributed by atoms with Crippen molar-refractivity contribution < 1.29 is 23.6 Å². The number of amides is 1. The van der Waals surface area contributed by atoms with Crippen LogP contribution in [0.3, 0.4) is 0 Å². The van der Waals surface area contributed by atoms with Gasteiger partial charge in [0.1, 0.15) is 11.5 Å². The zero-order chi connectivity index (χ0) is 40.1. The monoisotopic (exact) mass is 821 g/mol. The zero-order valence-corrected chi connectivity index (χ0v) is 35.9. The van der Waals surface area contributed by atoms with E-state index in [4.69, 9.17) is 16.3 Å². The van der Waals surface area contributed by atoms with Gasteiger partial charge in [-0.05, 0) is 124 Å². The average Bonchev–Trinajstić information content (AvgIpc) is 3.31. The second kappa shape index (κ2) is 16.4. The van der Waals surface area contributed by atoms with Gasteiger partial charge in [0.25, 0.3) is 5.91 Å². The molecule has 1 amide bonds. The molecule has 2 aliphatic carbocycles. The molecule has 8 rings (SSSR count). The average molecular weight is 823 g/mol. The van der Waals surface area contributed by atoms with Crippen molar-refractivity contribution in [3.05, 3.63) is 58.1 Å². The van der Waals surface area contributed by atoms with Crippen LogP contribution in [0.5, 0.6) is 5.75 Å². The molecule has 0 radical (unpaired) electrons. The maximum Gasteiger partial charge on any atom is 0.262 e. The molecule has 57 heavy (non-hydrogen) atoms. The first-order valence-corrected chi connectivity index (χ1v) is 23.8. The predicted octanol–water partition coefficient (Wildman–Crippen LogP) is 5.42. The Kier molecular flexibility index (Phi) is 11.8. The number of carbonyl (C=O) groups excluding carboxylic acids is 2. The van der Waals surface area contributed by atoms with Gasteiger partial charge in [-0.2, -0.15) is 0 Å². The van der Waals surface area contributed by atoms with Crippen molar-refractivity contribution in [1.29, 1.82) is 0 Å². The number of benzene rings is 2. The minimum absolute atomic E-state index is 0.0387. The number of piperazine rings is 2. The topological polar surface area (TPSA) is 106 Å². The Balaban J connectivity index is 1.11. The van der Waals surface area contributed by atoms with Gasteiger partial charge < -0.3 is 19.6 Å². The first-order chi connectivity index (χ1) is 27.2. The maximum atomic E-state index is 14.1. The summed E-state index contributed by atoms with van der Waals surface area (Å²) in [4.78, 5) is 35.6. The number of fused-ring (bicyclic) bond motifs is 5. The van der Waals surface area contributed by atoms with E-state index >= 15 is 0 Å². The van der Waals surface area contributed by atoms with E-state index in [1.807, 2.05) is 25.1 Å². The van der Waals surface area contributed by atoms with Crippen LogP contribution in [0.15, 0.2) is 36.4 Å². The third-order valence-electron chi connectivity index (χ3n) is 14.9. The van der Waals surface area contributed by atoms with Gasteiger partial charge in [0.15, 0.2) is 0 Å². The number of rotatable bonds is 5. The van der Waals surface area contributed by atoms with E-state index in [2.05, 4.69) is 49.2 Å². The highest BCUT2D eigenvalue weighted by Gasteiger charge is 2.50. The smallest absolute Gasteiger partial charge is 0.262 e. The van der Waals surface area contributed by atoms with Gasteiger partial charge in [-0.3, -0.25) is 24.1 Å². The van der Waals surface area contributed by atoms with Crippen LogP contribution in [0.4, 0.5) is 5.69 Å². The zero-order valence-electron chi connectivity index (χ0n) is 34.4. The number of carbonyl (C=O) groups is 2. The third kappa shape index (κ3) is 8.53. The second-order valence-corrected chi connectivity index (χ2v) is 21.6. The minimum Gasteiger partial charge on any atom is -0.490 e. The number of β-amino-alcohol motifs (C(OH)–C–C–N with tert-alkyl or cyclic N) is 1. The molecule has 312 valence electrons. The van der Waals surface area contributed by atoms with E-state index < -0.39 is 15.3 Å². The van der Waals surface area contributed by atoms with Crippen molar-refractivity contribution in [2.45, 2.75) is 101 Å². The summed E-state index contributed by atoms with van der Waals surface area (Å²) in [6, 6.07) is 12.3. The van der Waals surface area contributed by atoms with E-state index in [0.717, 1.165) is 120 Å². The van der Waals surface area contributed by atoms with Crippen molar-refractivity contribution in [3.63, 3.8) is 0 Å². The number of nitrogens with one attached hydrogen (secondary N) is 1. The first kappa shape index (κ1) is 41.1. The number of aryl methyl sites for hydroxylation is 1. The largest absolute Gasteiger partial charge is 0.490 e. The quantitative estimate of drug-likeness (QED) is 0.383. The summed E-state index contributed by atoms with van der Waals surface area (Å²) < 4.78 is 23.7. The Bertz CT molecular complexity index is 1950. The lowest BCUT2D eigenvalue weighted by atomic mass is 9.62. The van der Waals surface area contributed by atoms with Crippen molar-refractivity contribution in [2.75, 3.05) is 77.0 Å². The molecule has 2 bridgehead atoms. The van der Waals surface area contributed by atoms with Gasteiger partial charge in [-0.15, -0.1) is 0 Å². The summed E-state index contributed by atoms with van der Waals surface area (Å²) in [5.41, 5.74) is 2.75. The first-order valence-electron chi connectivity index (χ1n) is 21.6. The summed E-state index contributed by atoms with van der Waals surface area (Å²) in [7, 11) is -2.97. The Morgan fingerprint density at radius 3 is 2.58 bits per heavy atom. The standard InChI is InChI=1S/C45H64ClN5O5S/c1-31-7-5-17-45(54,29-49-20-22-50-21-19-48(18-15-32(2)52)26-38(50)27-49)40-12-9-36(40)25-51-28-44(16-6-8-34-23-37(46)11-13-39(34)44)30-56-42-14-10-35(24-41(42)51)43(53)47-57(4,55)33(31)3/h10-11,13-14,23-24,31,33,36,38,40,54H,4-9,12,15-22,25-30H2,1-3H3,(H,47,53,55)/t31-,33+,36-,38-,40+,44-,45-,57?/m0/s1. The molecule has 8 atom stereocenters. The van der Waals surface area contributed by atoms with Crippen LogP contribution >= 0.6 is 11.6 Å². The minimum atomic E-state index is -2.97. The van der Waals surface area contributed by atoms with Gasteiger partial charge in [-0.25, -0.2) is 4.21 Å². The Morgan fingerprint density at radius 2 is 1.81 bits per heavy atom. The van der Waals surface area contributed by atoms with Crippen molar-refractivity contribution in [3.8, 4) is 5.75 Å². The SMILES string of the molecule is C=S1(=O)NC(=O)c2ccc3c(c2)N(C[C@@H]2CC[C@H]2[C@@](O)(CN2CCN4CCN(CCC(C)=O)C[C@H]4C2)CCC[C@H](C)[C@H]1C)C[C@@]1(CCCc2cc(Cl)ccc21)CO3. The number of aliphatic hydroxyl groups is 1. The molecular formula is C45H64ClN5O5S. The highest BCUT2D eigenvalue weighted by atomic mass is 35.5. The van der Waals surface area contributed by atoms with Gasteiger partial charge >= 0.3 is 0 Å². The van der Waals surface area contributed by atoms with Crippen molar-refractivity contribution in [1.82, 2.24) is 19.4 Å².